The van der Waals surface area contributed by atoms with E-state index in [4.69, 9.17) is 9.47 Å². The Bertz CT molecular complexity index is 811. The van der Waals surface area contributed by atoms with Gasteiger partial charge in [0.1, 0.15) is 0 Å². The topological polar surface area (TPSA) is 144 Å². The van der Waals surface area contributed by atoms with E-state index in [1.165, 1.54) is 18.2 Å². The van der Waals surface area contributed by atoms with Gasteiger partial charge in [-0.15, -0.1) is 0 Å². The van der Waals surface area contributed by atoms with E-state index in [9.17, 15) is 18.5 Å². The summed E-state index contributed by atoms with van der Waals surface area (Å²) in [5, 5.41) is 16.9. The van der Waals surface area contributed by atoms with Crippen molar-refractivity contribution in [3.05, 3.63) is 34.4 Å². The third-order valence-corrected chi connectivity index (χ3v) is 5.87. The van der Waals surface area contributed by atoms with E-state index in [1.807, 2.05) is 0 Å². The summed E-state index contributed by atoms with van der Waals surface area (Å²) in [6, 6.07) is 4.91. The fraction of sp³-hybridized carbons (Fsp3) is 0.611. The van der Waals surface area contributed by atoms with Crippen LogP contribution in [0, 0.1) is 16.0 Å². The van der Waals surface area contributed by atoms with E-state index in [0.717, 1.165) is 38.7 Å². The average Bonchev–Trinajstić information content (AvgIpc) is 3.25. The monoisotopic (exact) mass is 443 g/mol. The Balaban J connectivity index is 1.62. The molecule has 1 aromatic rings. The summed E-state index contributed by atoms with van der Waals surface area (Å²) in [6.07, 6.45) is 1.87. The van der Waals surface area contributed by atoms with Gasteiger partial charge in [-0.25, -0.2) is 13.1 Å². The molecular weight excluding hydrogens is 414 g/mol. The molecule has 1 unspecified atom stereocenters. The van der Waals surface area contributed by atoms with E-state index in [-0.39, 0.29) is 17.1 Å². The molecule has 12 heteroatoms. The van der Waals surface area contributed by atoms with E-state index >= 15 is 0 Å². The van der Waals surface area contributed by atoms with Gasteiger partial charge < -0.3 is 20.1 Å². The zero-order chi connectivity index (χ0) is 21.8. The molecule has 0 saturated carbocycles. The summed E-state index contributed by atoms with van der Waals surface area (Å²) in [7, 11) is -2.21. The second-order valence-corrected chi connectivity index (χ2v) is 8.50. The third-order valence-electron chi connectivity index (χ3n) is 4.41. The number of non-ortho nitro benzene ring substituents is 1. The number of nitro benzene ring substituents is 1. The normalized spacial score (nSPS) is 17.1. The molecule has 0 spiro atoms. The van der Waals surface area contributed by atoms with Crippen LogP contribution in [0.5, 0.6) is 0 Å². The number of ether oxygens (including phenoxy) is 2. The molecule has 0 amide bonds. The number of nitrogens with zero attached hydrogens (tertiary/aromatic N) is 2. The molecule has 3 N–H and O–H groups in total. The molecule has 1 fully saturated rings. The van der Waals surface area contributed by atoms with Crippen LogP contribution in [-0.4, -0.2) is 72.4 Å². The van der Waals surface area contributed by atoms with Crippen molar-refractivity contribution >= 4 is 21.7 Å². The lowest BCUT2D eigenvalue weighted by Crippen LogP contribution is -2.42. The van der Waals surface area contributed by atoms with Crippen LogP contribution in [0.25, 0.3) is 0 Å². The Labute approximate surface area is 176 Å². The molecule has 0 radical (unpaired) electrons. The largest absolute Gasteiger partial charge is 0.381 e. The fourth-order valence-electron chi connectivity index (χ4n) is 2.78. The quantitative estimate of drug-likeness (QED) is 0.139. The van der Waals surface area contributed by atoms with Crippen molar-refractivity contribution in [2.45, 2.75) is 17.7 Å². The molecule has 1 aliphatic rings. The Hall–Kier alpha value is -2.28. The maximum atomic E-state index is 12.3. The minimum absolute atomic E-state index is 0.0955. The van der Waals surface area contributed by atoms with Crippen LogP contribution in [0.15, 0.2) is 34.2 Å². The fourth-order valence-corrected chi connectivity index (χ4v) is 3.85. The SMILES string of the molecule is CN=C(NCCCOCC1CCOC1)NCCNS(=O)(=O)c1cccc([N+](=O)[O-])c1. The van der Waals surface area contributed by atoms with Crippen LogP contribution in [0.4, 0.5) is 5.69 Å². The molecule has 11 nitrogen and oxygen atoms in total. The van der Waals surface area contributed by atoms with Crippen molar-refractivity contribution in [1.82, 2.24) is 15.4 Å². The summed E-state index contributed by atoms with van der Waals surface area (Å²) in [4.78, 5) is 14.1. The molecule has 168 valence electrons. The third kappa shape index (κ3) is 8.22. The smallest absolute Gasteiger partial charge is 0.270 e. The van der Waals surface area contributed by atoms with Gasteiger partial charge in [0, 0.05) is 57.9 Å². The average molecular weight is 444 g/mol. The summed E-state index contributed by atoms with van der Waals surface area (Å²) in [6.45, 7) is 4.02. The van der Waals surface area contributed by atoms with Gasteiger partial charge in [0.05, 0.1) is 23.0 Å². The number of benzene rings is 1. The zero-order valence-electron chi connectivity index (χ0n) is 17.0. The maximum Gasteiger partial charge on any atom is 0.270 e. The van der Waals surface area contributed by atoms with Gasteiger partial charge in [0.25, 0.3) is 5.69 Å². The minimum atomic E-state index is -3.84. The first-order chi connectivity index (χ1) is 14.4. The van der Waals surface area contributed by atoms with Crippen molar-refractivity contribution < 1.29 is 22.8 Å². The molecule has 0 aliphatic carbocycles. The highest BCUT2D eigenvalue weighted by Gasteiger charge is 2.17. The van der Waals surface area contributed by atoms with Crippen molar-refractivity contribution in [3.8, 4) is 0 Å². The maximum absolute atomic E-state index is 12.3. The predicted octanol–water partition coefficient (Wildman–Crippen LogP) is 0.481. The van der Waals surface area contributed by atoms with Gasteiger partial charge in [-0.3, -0.25) is 15.1 Å². The van der Waals surface area contributed by atoms with Gasteiger partial charge >= 0.3 is 0 Å². The Morgan fingerprint density at radius 1 is 1.33 bits per heavy atom. The van der Waals surface area contributed by atoms with Gasteiger partial charge in [0.2, 0.25) is 10.0 Å². The van der Waals surface area contributed by atoms with E-state index in [0.29, 0.717) is 31.6 Å². The minimum Gasteiger partial charge on any atom is -0.381 e. The lowest BCUT2D eigenvalue weighted by Gasteiger charge is -2.13. The zero-order valence-corrected chi connectivity index (χ0v) is 17.8. The number of rotatable bonds is 12. The summed E-state index contributed by atoms with van der Waals surface area (Å²) >= 11 is 0. The van der Waals surface area contributed by atoms with Crippen LogP contribution in [0.2, 0.25) is 0 Å². The predicted molar refractivity (Wildman–Crippen MR) is 112 cm³/mol. The standard InChI is InChI=1S/C18H29N5O6S/c1-19-18(20-7-3-10-28-13-15-6-11-29-14-15)21-8-9-22-30(26,27)17-5-2-4-16(12-17)23(24)25/h2,4-5,12,15,22H,3,6-11,13-14H2,1H3,(H2,19,20,21). The first kappa shape index (κ1) is 24.0. The van der Waals surface area contributed by atoms with E-state index < -0.39 is 14.9 Å². The highest BCUT2D eigenvalue weighted by atomic mass is 32.2. The van der Waals surface area contributed by atoms with Crippen LogP contribution in [0.1, 0.15) is 12.8 Å². The van der Waals surface area contributed by atoms with Crippen molar-refractivity contribution in [3.63, 3.8) is 0 Å². The molecule has 2 rings (SSSR count). The number of hydrogen-bond acceptors (Lipinski definition) is 7. The molecule has 0 aromatic heterocycles. The molecule has 30 heavy (non-hydrogen) atoms. The number of sulfonamides is 1. The van der Waals surface area contributed by atoms with Crippen LogP contribution in [-0.2, 0) is 19.5 Å². The summed E-state index contributed by atoms with van der Waals surface area (Å²) in [5.41, 5.74) is -0.277. The Morgan fingerprint density at radius 2 is 2.13 bits per heavy atom. The lowest BCUT2D eigenvalue weighted by atomic mass is 10.1. The number of guanidine groups is 1. The number of nitrogens with one attached hydrogen (secondary N) is 3. The number of hydrogen-bond donors (Lipinski definition) is 3. The molecule has 1 aliphatic heterocycles. The Kier molecular flexibility index (Phi) is 9.94. The number of aliphatic imine (C=N–C) groups is 1. The highest BCUT2D eigenvalue weighted by Crippen LogP contribution is 2.16. The summed E-state index contributed by atoms with van der Waals surface area (Å²) in [5.74, 6) is 1.05. The lowest BCUT2D eigenvalue weighted by molar-refractivity contribution is -0.385. The van der Waals surface area contributed by atoms with Crippen LogP contribution >= 0.6 is 0 Å². The van der Waals surface area contributed by atoms with E-state index in [1.54, 1.807) is 7.05 Å². The van der Waals surface area contributed by atoms with Gasteiger partial charge in [-0.05, 0) is 18.9 Å². The number of nitro groups is 1. The van der Waals surface area contributed by atoms with E-state index in [2.05, 4.69) is 20.3 Å². The molecule has 0 bridgehead atoms. The molecular formula is C18H29N5O6S. The van der Waals surface area contributed by atoms with Crippen molar-refractivity contribution in [2.24, 2.45) is 10.9 Å². The first-order valence-corrected chi connectivity index (χ1v) is 11.2. The van der Waals surface area contributed by atoms with Gasteiger partial charge in [-0.1, -0.05) is 6.07 Å². The van der Waals surface area contributed by atoms with Crippen LogP contribution in [0.3, 0.4) is 0 Å². The van der Waals surface area contributed by atoms with Gasteiger partial charge in [-0.2, -0.15) is 0 Å². The molecule has 1 saturated heterocycles. The second kappa shape index (κ2) is 12.4. The summed E-state index contributed by atoms with van der Waals surface area (Å²) < 4.78 is 37.9. The first-order valence-electron chi connectivity index (χ1n) is 9.76. The molecule has 1 heterocycles. The second-order valence-electron chi connectivity index (χ2n) is 6.74. The Morgan fingerprint density at radius 3 is 2.83 bits per heavy atom. The van der Waals surface area contributed by atoms with Crippen LogP contribution < -0.4 is 15.4 Å². The van der Waals surface area contributed by atoms with Gasteiger partial charge in [0.15, 0.2) is 5.96 Å². The van der Waals surface area contributed by atoms with Crippen molar-refractivity contribution in [1.29, 1.82) is 0 Å². The van der Waals surface area contributed by atoms with Crippen molar-refractivity contribution in [2.75, 3.05) is 53.1 Å². The highest BCUT2D eigenvalue weighted by molar-refractivity contribution is 7.89. The molecule has 1 atom stereocenters. The molecule has 1 aromatic carbocycles.